The maximum atomic E-state index is 13.6. The lowest BCUT2D eigenvalue weighted by atomic mass is 9.99. The summed E-state index contributed by atoms with van der Waals surface area (Å²) in [6.07, 6.45) is 1.97. The summed E-state index contributed by atoms with van der Waals surface area (Å²) in [6, 6.07) is 19.6. The van der Waals surface area contributed by atoms with Gasteiger partial charge in [0, 0.05) is 36.7 Å². The molecule has 0 aliphatic carbocycles. The number of hydrogen-bond donors (Lipinski definition) is 8. The summed E-state index contributed by atoms with van der Waals surface area (Å²) in [4.78, 5) is 64.3. The van der Waals surface area contributed by atoms with Crippen LogP contribution >= 0.6 is 0 Å². The normalized spacial score (nSPS) is 12.5. The number of guanidine groups is 1. The van der Waals surface area contributed by atoms with E-state index in [1.165, 1.54) is 6.92 Å². The van der Waals surface area contributed by atoms with Crippen LogP contribution in [0.2, 0.25) is 0 Å². The molecule has 0 fully saturated rings. The smallest absolute Gasteiger partial charge is 0.243 e. The van der Waals surface area contributed by atoms with Crippen LogP contribution in [0.1, 0.15) is 59.7 Å². The van der Waals surface area contributed by atoms with Crippen LogP contribution in [0.4, 0.5) is 5.69 Å². The van der Waals surface area contributed by atoms with Crippen LogP contribution in [0.15, 0.2) is 78.9 Å². The number of amides is 4. The second kappa shape index (κ2) is 18.4. The highest BCUT2D eigenvalue weighted by Gasteiger charge is 2.29. The maximum absolute atomic E-state index is 13.6. The Morgan fingerprint density at radius 3 is 1.88 bits per heavy atom. The van der Waals surface area contributed by atoms with Crippen LogP contribution in [0.3, 0.4) is 0 Å². The minimum absolute atomic E-state index is 0.0909. The minimum Gasteiger partial charge on any atom is -0.399 e. The topological polar surface area (TPSA) is 235 Å². The number of carbonyl (C=O) groups excluding carboxylic acids is 5. The zero-order chi connectivity index (χ0) is 35.1. The van der Waals surface area contributed by atoms with E-state index in [1.807, 2.05) is 18.2 Å². The van der Waals surface area contributed by atoms with Crippen LogP contribution in [0.5, 0.6) is 0 Å². The van der Waals surface area contributed by atoms with Crippen LogP contribution in [-0.2, 0) is 32.0 Å². The Labute approximate surface area is 279 Å². The average Bonchev–Trinajstić information content (AvgIpc) is 3.06. The van der Waals surface area contributed by atoms with Crippen LogP contribution < -0.4 is 38.5 Å². The van der Waals surface area contributed by atoms with Crippen molar-refractivity contribution in [2.45, 2.75) is 63.6 Å². The first-order valence-electron chi connectivity index (χ1n) is 15.7. The van der Waals surface area contributed by atoms with E-state index in [1.54, 1.807) is 60.7 Å². The average molecular weight is 657 g/mol. The van der Waals surface area contributed by atoms with Crippen LogP contribution in [0.25, 0.3) is 0 Å². The Morgan fingerprint density at radius 2 is 1.27 bits per heavy atom. The van der Waals surface area contributed by atoms with Crippen molar-refractivity contribution in [3.8, 4) is 0 Å². The van der Waals surface area contributed by atoms with E-state index in [0.29, 0.717) is 48.2 Å². The van der Waals surface area contributed by atoms with Crippen molar-refractivity contribution in [1.29, 1.82) is 5.41 Å². The Hall–Kier alpha value is -5.72. The lowest BCUT2D eigenvalue weighted by molar-refractivity contribution is -0.133. The van der Waals surface area contributed by atoms with E-state index < -0.39 is 41.8 Å². The highest BCUT2D eigenvalue weighted by molar-refractivity contribution is 6.09. The van der Waals surface area contributed by atoms with Gasteiger partial charge in [0.1, 0.15) is 18.1 Å². The lowest BCUT2D eigenvalue weighted by Crippen LogP contribution is -2.56. The lowest BCUT2D eigenvalue weighted by Gasteiger charge is -2.25. The van der Waals surface area contributed by atoms with Gasteiger partial charge in [0.2, 0.25) is 23.6 Å². The fourth-order valence-electron chi connectivity index (χ4n) is 5.03. The summed E-state index contributed by atoms with van der Waals surface area (Å²) in [5.74, 6) is -2.70. The van der Waals surface area contributed by atoms with Gasteiger partial charge in [0.05, 0.1) is 0 Å². The van der Waals surface area contributed by atoms with Gasteiger partial charge in [-0.15, -0.1) is 0 Å². The van der Waals surface area contributed by atoms with Gasteiger partial charge in [0.15, 0.2) is 11.7 Å². The molecule has 0 aromatic heterocycles. The van der Waals surface area contributed by atoms with Gasteiger partial charge in [-0.05, 0) is 55.4 Å². The number of aryl methyl sites for hydroxylation is 1. The molecule has 0 aliphatic heterocycles. The maximum Gasteiger partial charge on any atom is 0.243 e. The number of rotatable bonds is 18. The summed E-state index contributed by atoms with van der Waals surface area (Å²) in [7, 11) is 0. The molecule has 48 heavy (non-hydrogen) atoms. The molecule has 3 aromatic carbocycles. The first-order valence-corrected chi connectivity index (χ1v) is 15.7. The van der Waals surface area contributed by atoms with Gasteiger partial charge < -0.3 is 38.5 Å². The fourth-order valence-corrected chi connectivity index (χ4v) is 5.03. The molecule has 0 radical (unpaired) electrons. The molecule has 11 N–H and O–H groups in total. The monoisotopic (exact) mass is 656 g/mol. The van der Waals surface area contributed by atoms with Gasteiger partial charge in [-0.2, -0.15) is 0 Å². The summed E-state index contributed by atoms with van der Waals surface area (Å²) in [5.41, 5.74) is 19.9. The molecule has 0 bridgehead atoms. The molecule has 0 unspecified atom stereocenters. The van der Waals surface area contributed by atoms with E-state index in [4.69, 9.17) is 22.6 Å². The number of nitrogens with one attached hydrogen (secondary N) is 5. The first kappa shape index (κ1) is 36.7. The second-order valence-electron chi connectivity index (χ2n) is 11.5. The molecule has 3 aromatic rings. The third-order valence-corrected chi connectivity index (χ3v) is 7.62. The van der Waals surface area contributed by atoms with Crippen molar-refractivity contribution in [2.24, 2.45) is 11.5 Å². The number of anilines is 1. The van der Waals surface area contributed by atoms with Crippen molar-refractivity contribution in [1.82, 2.24) is 21.3 Å². The van der Waals surface area contributed by atoms with Crippen LogP contribution in [-0.4, -0.2) is 60.0 Å². The van der Waals surface area contributed by atoms with Crippen LogP contribution in [0, 0.1) is 5.41 Å². The van der Waals surface area contributed by atoms with Crippen molar-refractivity contribution in [2.75, 3.05) is 12.3 Å². The third kappa shape index (κ3) is 12.2. The van der Waals surface area contributed by atoms with Gasteiger partial charge in [0.25, 0.3) is 0 Å². The van der Waals surface area contributed by atoms with Gasteiger partial charge in [-0.25, -0.2) is 0 Å². The second-order valence-corrected chi connectivity index (χ2v) is 11.5. The molecule has 0 saturated carbocycles. The molecule has 0 saturated heterocycles. The standard InChI is InChI=1S/C35H44N8O5/c1-22(44)41-30(21-24-10-15-26(16-11-24)31(45)25-7-3-2-4-8-25)34(48)43-29(9-5-6-20-40-35(38)39)33(47)42-28(32(37)46)19-14-23-12-17-27(36)18-13-23/h2-4,7-8,10-13,15-18,28-30H,5-6,9,14,19-21,36H2,1H3,(H2,37,46)(H,41,44)(H,42,47)(H,43,48)(H4,38,39,40)/t28-,29-,30-/m0/s1. The molecule has 13 nitrogen and oxygen atoms in total. The zero-order valence-electron chi connectivity index (χ0n) is 27.0. The van der Waals surface area contributed by atoms with Crippen molar-refractivity contribution < 1.29 is 24.0 Å². The number of benzene rings is 3. The molecule has 3 rings (SSSR count). The number of nitrogens with two attached hydrogens (primary N) is 3. The van der Waals surface area contributed by atoms with Crippen molar-refractivity contribution >= 4 is 41.1 Å². The van der Waals surface area contributed by atoms with E-state index in [2.05, 4.69) is 21.3 Å². The number of unbranched alkanes of at least 4 members (excludes halogenated alkanes) is 1. The minimum atomic E-state index is -1.06. The Bertz CT molecular complexity index is 1560. The van der Waals surface area contributed by atoms with E-state index in [9.17, 15) is 24.0 Å². The summed E-state index contributed by atoms with van der Waals surface area (Å²) < 4.78 is 0. The quantitative estimate of drug-likeness (QED) is 0.0326. The summed E-state index contributed by atoms with van der Waals surface area (Å²) in [5, 5.41) is 18.1. The molecule has 4 amide bonds. The third-order valence-electron chi connectivity index (χ3n) is 7.62. The highest BCUT2D eigenvalue weighted by Crippen LogP contribution is 2.14. The number of carbonyl (C=O) groups is 5. The summed E-state index contributed by atoms with van der Waals surface area (Å²) in [6.45, 7) is 1.67. The highest BCUT2D eigenvalue weighted by atomic mass is 16.2. The molecular formula is C35H44N8O5. The van der Waals surface area contributed by atoms with Gasteiger partial charge in [-0.1, -0.05) is 66.7 Å². The molecular weight excluding hydrogens is 612 g/mol. The van der Waals surface area contributed by atoms with E-state index in [0.717, 1.165) is 5.56 Å². The Balaban J connectivity index is 1.72. The summed E-state index contributed by atoms with van der Waals surface area (Å²) >= 11 is 0. The number of hydrogen-bond acceptors (Lipinski definition) is 7. The Morgan fingerprint density at radius 1 is 0.688 bits per heavy atom. The first-order chi connectivity index (χ1) is 22.9. The predicted octanol–water partition coefficient (Wildman–Crippen LogP) is 1.29. The molecule has 254 valence electrons. The number of primary amides is 1. The van der Waals surface area contributed by atoms with Crippen molar-refractivity contribution in [3.63, 3.8) is 0 Å². The zero-order valence-corrected chi connectivity index (χ0v) is 27.0. The molecule has 3 atom stereocenters. The molecule has 0 aliphatic rings. The number of ketones is 1. The van der Waals surface area contributed by atoms with Gasteiger partial charge in [-0.3, -0.25) is 29.4 Å². The van der Waals surface area contributed by atoms with E-state index in [-0.39, 0.29) is 31.0 Å². The van der Waals surface area contributed by atoms with Crippen molar-refractivity contribution in [3.05, 3.63) is 101 Å². The SMILES string of the molecule is CC(=O)N[C@@H](Cc1ccc(C(=O)c2ccccc2)cc1)C(=O)N[C@@H](CCCCNC(=N)N)C(=O)N[C@@H](CCc1ccc(N)cc1)C(N)=O. The molecule has 0 spiro atoms. The van der Waals surface area contributed by atoms with Gasteiger partial charge >= 0.3 is 0 Å². The van der Waals surface area contributed by atoms with E-state index >= 15 is 0 Å². The molecule has 0 heterocycles. The fraction of sp³-hybridized carbons (Fsp3) is 0.314. The molecule has 13 heteroatoms. The predicted molar refractivity (Wildman–Crippen MR) is 184 cm³/mol. The Kier molecular flexibility index (Phi) is 14.1. The largest absolute Gasteiger partial charge is 0.399 e. The number of nitrogen functional groups attached to an aromatic ring is 1.